The molecule has 0 N–H and O–H groups in total. The molecule has 2 aromatic carbocycles. The van der Waals surface area contributed by atoms with Crippen molar-refractivity contribution in [2.24, 2.45) is 0 Å². The van der Waals surface area contributed by atoms with Crippen molar-refractivity contribution in [3.8, 4) is 0 Å². The normalized spacial score (nSPS) is 12.6. The molecule has 8 rings (SSSR count). The van der Waals surface area contributed by atoms with Crippen molar-refractivity contribution in [3.05, 3.63) is 78.0 Å². The second kappa shape index (κ2) is 15.0. The molecule has 52 heavy (non-hydrogen) atoms. The third-order valence-electron chi connectivity index (χ3n) is 10.3. The van der Waals surface area contributed by atoms with E-state index in [9.17, 15) is 9.59 Å². The molecule has 0 aliphatic rings. The zero-order chi connectivity index (χ0) is 35.9. The summed E-state index contributed by atoms with van der Waals surface area (Å²) in [5.74, 6) is 0. The molecule has 0 atom stereocenters. The molecule has 10 heteroatoms. The van der Waals surface area contributed by atoms with Gasteiger partial charge in [-0.25, -0.2) is 0 Å². The second-order valence-electron chi connectivity index (χ2n) is 13.5. The maximum absolute atomic E-state index is 14.6. The highest BCUT2D eigenvalue weighted by molar-refractivity contribution is 7.19. The molecular weight excluding hydrogens is 693 g/mol. The number of aryl methyl sites for hydroxylation is 2. The molecule has 8 aromatic rings. The highest BCUT2D eigenvalue weighted by atomic mass is 32.1. The number of thiophene rings is 2. The van der Waals surface area contributed by atoms with Crippen molar-refractivity contribution in [1.29, 1.82) is 0 Å². The van der Waals surface area contributed by atoms with E-state index in [4.69, 9.17) is 18.9 Å². The van der Waals surface area contributed by atoms with E-state index in [1.807, 2.05) is 34.8 Å². The Hall–Kier alpha value is -3.64. The van der Waals surface area contributed by atoms with Gasteiger partial charge in [0.1, 0.15) is 0 Å². The number of pyridine rings is 2. The number of benzene rings is 2. The van der Waals surface area contributed by atoms with Crippen LogP contribution in [0.25, 0.3) is 63.8 Å². The summed E-state index contributed by atoms with van der Waals surface area (Å²) in [6.07, 6.45) is 5.40. The van der Waals surface area contributed by atoms with Crippen LogP contribution in [0.3, 0.4) is 0 Å². The Balaban J connectivity index is 1.26. The number of fused-ring (bicyclic) bond motifs is 8. The summed E-state index contributed by atoms with van der Waals surface area (Å²) >= 11 is 3.55. The standard InChI is InChI=1S/C42H46N2O6S2/c1-5-9-27-33(15-17-49-21-19-47-7-3)51-35-23-31-25-11-12-26-32-24-36-40(28(10-6-2)34(52-36)16-18-50-22-20-48-8-4)44(32)42(46)30-14-13-29(37(25)38(26)30)41(45)43(31)39(27)35/h11-14,23-24H,5-10,15-22H2,1-4H3. The first-order valence-corrected chi connectivity index (χ1v) is 20.5. The number of ether oxygens (including phenoxy) is 4. The van der Waals surface area contributed by atoms with Crippen LogP contribution in [0.15, 0.2) is 46.0 Å². The Kier molecular flexibility index (Phi) is 10.2. The SMILES string of the molecule is CCCc1c(CCOCCOCC)sc2cc3c4ccc5c6c(ccc(c(=O)n3c12)c46)c(=O)n1c5cc2sc(CCOCCOCC)c(CCC)c21. The number of hydrogen-bond donors (Lipinski definition) is 0. The molecular formula is C42H46N2O6S2. The number of hydrogen-bond acceptors (Lipinski definition) is 8. The molecule has 6 aromatic heterocycles. The molecule has 0 radical (unpaired) electrons. The number of rotatable bonds is 18. The Bertz CT molecular complexity index is 2470. The molecule has 0 amide bonds. The summed E-state index contributed by atoms with van der Waals surface area (Å²) in [4.78, 5) is 31.7. The van der Waals surface area contributed by atoms with Gasteiger partial charge in [0.2, 0.25) is 0 Å². The predicted octanol–water partition coefficient (Wildman–Crippen LogP) is 8.77. The molecule has 8 nitrogen and oxygen atoms in total. The summed E-state index contributed by atoms with van der Waals surface area (Å²) in [6.45, 7) is 13.4. The number of nitrogens with zero attached hydrogens (tertiary/aromatic N) is 2. The zero-order valence-corrected chi connectivity index (χ0v) is 32.2. The molecule has 0 bridgehead atoms. The molecule has 0 saturated heterocycles. The van der Waals surface area contributed by atoms with Gasteiger partial charge >= 0.3 is 0 Å². The first kappa shape index (κ1) is 35.4. The third-order valence-corrected chi connectivity index (χ3v) is 12.8. The van der Waals surface area contributed by atoms with Crippen LogP contribution in [0.2, 0.25) is 0 Å². The van der Waals surface area contributed by atoms with E-state index in [1.54, 1.807) is 22.7 Å². The van der Waals surface area contributed by atoms with Gasteiger partial charge in [-0.05, 0) is 62.1 Å². The summed E-state index contributed by atoms with van der Waals surface area (Å²) in [6, 6.07) is 12.5. The smallest absolute Gasteiger partial charge is 0.263 e. The molecule has 6 heterocycles. The van der Waals surface area contributed by atoms with E-state index in [0.29, 0.717) is 63.6 Å². The third kappa shape index (κ3) is 5.79. The topological polar surface area (TPSA) is 79.9 Å². The first-order chi connectivity index (χ1) is 25.5. The lowest BCUT2D eigenvalue weighted by Crippen LogP contribution is -2.17. The summed E-state index contributed by atoms with van der Waals surface area (Å²) in [5, 5.41) is 5.11. The van der Waals surface area contributed by atoms with Gasteiger partial charge < -0.3 is 18.9 Å². The predicted molar refractivity (Wildman–Crippen MR) is 217 cm³/mol. The largest absolute Gasteiger partial charge is 0.379 e. The second-order valence-corrected chi connectivity index (χ2v) is 15.7. The van der Waals surface area contributed by atoms with Crippen LogP contribution in [-0.2, 0) is 44.6 Å². The van der Waals surface area contributed by atoms with Crippen LogP contribution in [0.4, 0.5) is 0 Å². The minimum Gasteiger partial charge on any atom is -0.379 e. The van der Waals surface area contributed by atoms with Crippen molar-refractivity contribution >= 4 is 86.5 Å². The van der Waals surface area contributed by atoms with Crippen LogP contribution in [0.5, 0.6) is 0 Å². The van der Waals surface area contributed by atoms with Gasteiger partial charge in [-0.2, -0.15) is 0 Å². The molecule has 0 spiro atoms. The average molecular weight is 739 g/mol. The zero-order valence-electron chi connectivity index (χ0n) is 30.5. The van der Waals surface area contributed by atoms with E-state index in [0.717, 1.165) is 91.5 Å². The van der Waals surface area contributed by atoms with Gasteiger partial charge in [0.25, 0.3) is 11.1 Å². The summed E-state index contributed by atoms with van der Waals surface area (Å²) in [7, 11) is 0. The molecule has 0 unspecified atom stereocenters. The van der Waals surface area contributed by atoms with Gasteiger partial charge in [0.15, 0.2) is 0 Å². The quantitative estimate of drug-likeness (QED) is 0.0647. The highest BCUT2D eigenvalue weighted by Crippen LogP contribution is 2.42. The monoisotopic (exact) mass is 738 g/mol. The van der Waals surface area contributed by atoms with Crippen LogP contribution in [0.1, 0.15) is 61.4 Å². The van der Waals surface area contributed by atoms with E-state index in [1.165, 1.54) is 20.9 Å². The van der Waals surface area contributed by atoms with Gasteiger partial charge in [-0.15, -0.1) is 22.7 Å². The number of aromatic nitrogens is 2. The van der Waals surface area contributed by atoms with Crippen molar-refractivity contribution in [1.82, 2.24) is 8.80 Å². The molecule has 0 aliphatic carbocycles. The van der Waals surface area contributed by atoms with E-state index < -0.39 is 0 Å². The van der Waals surface area contributed by atoms with Crippen molar-refractivity contribution in [2.45, 2.75) is 66.2 Å². The maximum Gasteiger partial charge on any atom is 0.263 e. The van der Waals surface area contributed by atoms with Crippen molar-refractivity contribution < 1.29 is 18.9 Å². The fraction of sp³-hybridized carbons (Fsp3) is 0.429. The lowest BCUT2D eigenvalue weighted by Gasteiger charge is -2.14. The maximum atomic E-state index is 14.6. The Morgan fingerprint density at radius 1 is 0.519 bits per heavy atom. The highest BCUT2D eigenvalue weighted by Gasteiger charge is 2.25. The average Bonchev–Trinajstić information content (AvgIpc) is 3.89. The fourth-order valence-corrected chi connectivity index (χ4v) is 10.7. The van der Waals surface area contributed by atoms with Crippen molar-refractivity contribution in [2.75, 3.05) is 52.9 Å². The Labute approximate surface area is 310 Å². The van der Waals surface area contributed by atoms with E-state index in [2.05, 4.69) is 38.1 Å². The lowest BCUT2D eigenvalue weighted by atomic mass is 9.95. The van der Waals surface area contributed by atoms with Crippen LogP contribution in [0, 0.1) is 0 Å². The van der Waals surface area contributed by atoms with Gasteiger partial charge in [-0.1, -0.05) is 38.8 Å². The minimum absolute atomic E-state index is 0.0244. The molecule has 0 saturated carbocycles. The molecule has 0 aliphatic heterocycles. The van der Waals surface area contributed by atoms with Crippen molar-refractivity contribution in [3.63, 3.8) is 0 Å². The van der Waals surface area contributed by atoms with Crippen LogP contribution < -0.4 is 11.1 Å². The first-order valence-electron chi connectivity index (χ1n) is 18.8. The van der Waals surface area contributed by atoms with Gasteiger partial charge in [-0.3, -0.25) is 18.4 Å². The lowest BCUT2D eigenvalue weighted by molar-refractivity contribution is 0.0542. The summed E-state index contributed by atoms with van der Waals surface area (Å²) in [5.41, 5.74) is 6.32. The summed E-state index contributed by atoms with van der Waals surface area (Å²) < 4.78 is 28.7. The van der Waals surface area contributed by atoms with E-state index in [-0.39, 0.29) is 11.1 Å². The van der Waals surface area contributed by atoms with Gasteiger partial charge in [0.05, 0.1) is 71.1 Å². The Morgan fingerprint density at radius 2 is 0.923 bits per heavy atom. The Morgan fingerprint density at radius 3 is 1.33 bits per heavy atom. The van der Waals surface area contributed by atoms with Crippen LogP contribution >= 0.6 is 22.7 Å². The minimum atomic E-state index is -0.0244. The fourth-order valence-electron chi connectivity index (χ4n) is 8.17. The molecule has 272 valence electrons. The van der Waals surface area contributed by atoms with Gasteiger partial charge in [0, 0.05) is 68.1 Å². The van der Waals surface area contributed by atoms with Crippen LogP contribution in [-0.4, -0.2) is 61.7 Å². The van der Waals surface area contributed by atoms with E-state index >= 15 is 0 Å². The molecule has 0 fully saturated rings.